The topological polar surface area (TPSA) is 55.8 Å². The van der Waals surface area contributed by atoms with E-state index in [2.05, 4.69) is 68.2 Å². The summed E-state index contributed by atoms with van der Waals surface area (Å²) in [5, 5.41) is 0. The lowest BCUT2D eigenvalue weighted by Crippen LogP contribution is -2.44. The van der Waals surface area contributed by atoms with Crippen molar-refractivity contribution in [2.45, 2.75) is 73.1 Å². The molecule has 1 aromatic carbocycles. The molecule has 0 N–H and O–H groups in total. The van der Waals surface area contributed by atoms with Crippen LogP contribution < -0.4 is 9.47 Å². The third-order valence-electron chi connectivity index (χ3n) is 7.21. The lowest BCUT2D eigenvalue weighted by molar-refractivity contribution is -0.119. The van der Waals surface area contributed by atoms with Crippen LogP contribution in [0.3, 0.4) is 0 Å². The zero-order chi connectivity index (χ0) is 25.0. The Labute approximate surface area is 217 Å². The fourth-order valence-electron chi connectivity index (χ4n) is 5.98. The monoisotopic (exact) mass is 577 g/mol. The van der Waals surface area contributed by atoms with Crippen molar-refractivity contribution in [1.29, 1.82) is 0 Å². The molecule has 1 aliphatic heterocycles. The quantitative estimate of drug-likeness (QED) is 0.379. The number of methoxy groups -OCH3 is 1. The maximum Gasteiger partial charge on any atom is 0.174 e. The maximum atomic E-state index is 13.7. The van der Waals surface area contributed by atoms with E-state index in [4.69, 9.17) is 9.47 Å². The van der Waals surface area contributed by atoms with Crippen molar-refractivity contribution in [2.24, 2.45) is 10.8 Å². The molecular weight excluding hydrogens is 541 g/mol. The number of allylic oxidation sites excluding steroid dienone is 4. The summed E-state index contributed by atoms with van der Waals surface area (Å²) in [5.74, 6) is 1.29. The van der Waals surface area contributed by atoms with Gasteiger partial charge in [0.05, 0.1) is 17.3 Å². The Morgan fingerprint density at radius 2 is 1.47 bits per heavy atom. The number of Topliss-reactive ketones (excluding diaryl/α,β-unsaturated/α-hetero) is 2. The average Bonchev–Trinajstić information content (AvgIpc) is 2.70. The predicted octanol–water partition coefficient (Wildman–Crippen LogP) is 6.40. The normalized spacial score (nSPS) is 22.1. The van der Waals surface area contributed by atoms with Gasteiger partial charge in [0.2, 0.25) is 0 Å². The standard InChI is InChI=1S/C28H36INO4/c1-8-30-18-12-27(3,4)14-20(31)24(18)23(25-19(30)13-28(5,6)15-21(25)32)16-10-17(29)26(33-7)22(11-16)34-9-2/h10-11,23H,8-9,12-15H2,1-7H3. The molecule has 2 aliphatic carbocycles. The molecule has 0 atom stereocenters. The van der Waals surface area contributed by atoms with Crippen molar-refractivity contribution in [2.75, 3.05) is 20.3 Å². The lowest BCUT2D eigenvalue weighted by Gasteiger charge is -2.49. The maximum absolute atomic E-state index is 13.7. The summed E-state index contributed by atoms with van der Waals surface area (Å²) in [6, 6.07) is 4.04. The van der Waals surface area contributed by atoms with Crippen molar-refractivity contribution in [1.82, 2.24) is 4.90 Å². The summed E-state index contributed by atoms with van der Waals surface area (Å²) in [7, 11) is 1.64. The van der Waals surface area contributed by atoms with Gasteiger partial charge >= 0.3 is 0 Å². The first-order valence-corrected chi connectivity index (χ1v) is 13.3. The number of nitrogens with zero attached hydrogens (tertiary/aromatic N) is 1. The number of rotatable bonds is 5. The molecule has 0 aromatic heterocycles. The van der Waals surface area contributed by atoms with Crippen LogP contribution in [0.15, 0.2) is 34.7 Å². The van der Waals surface area contributed by atoms with Crippen LogP contribution in [0.5, 0.6) is 11.5 Å². The minimum absolute atomic E-state index is 0.106. The first-order valence-electron chi connectivity index (χ1n) is 12.2. The Morgan fingerprint density at radius 3 is 1.91 bits per heavy atom. The Bertz CT molecular complexity index is 1060. The van der Waals surface area contributed by atoms with Gasteiger partial charge in [-0.3, -0.25) is 9.59 Å². The fraction of sp³-hybridized carbons (Fsp3) is 0.571. The van der Waals surface area contributed by atoms with Crippen molar-refractivity contribution >= 4 is 34.2 Å². The third kappa shape index (κ3) is 4.31. The summed E-state index contributed by atoms with van der Waals surface area (Å²) < 4.78 is 12.5. The Hall–Kier alpha value is -1.83. The third-order valence-corrected chi connectivity index (χ3v) is 8.01. The first kappa shape index (κ1) is 25.3. The van der Waals surface area contributed by atoms with Crippen LogP contribution >= 0.6 is 22.6 Å². The lowest BCUT2D eigenvalue weighted by atomic mass is 9.63. The summed E-state index contributed by atoms with van der Waals surface area (Å²) >= 11 is 2.26. The van der Waals surface area contributed by atoms with Gasteiger partial charge in [-0.1, -0.05) is 27.7 Å². The van der Waals surface area contributed by atoms with Gasteiger partial charge < -0.3 is 14.4 Å². The van der Waals surface area contributed by atoms with Gasteiger partial charge in [0.25, 0.3) is 0 Å². The number of ether oxygens (including phenoxy) is 2. The van der Waals surface area contributed by atoms with Gasteiger partial charge in [-0.15, -0.1) is 0 Å². The fourth-order valence-corrected chi connectivity index (χ4v) is 6.82. The van der Waals surface area contributed by atoms with E-state index in [1.54, 1.807) is 7.11 Å². The Morgan fingerprint density at radius 1 is 0.941 bits per heavy atom. The minimum atomic E-state index is -0.362. The molecule has 4 rings (SSSR count). The van der Waals surface area contributed by atoms with Crippen LogP contribution in [0.25, 0.3) is 0 Å². The highest BCUT2D eigenvalue weighted by Crippen LogP contribution is 2.55. The van der Waals surface area contributed by atoms with Gasteiger partial charge in [0, 0.05) is 47.8 Å². The van der Waals surface area contributed by atoms with E-state index >= 15 is 0 Å². The highest BCUT2D eigenvalue weighted by Gasteiger charge is 2.48. The molecule has 0 fully saturated rings. The smallest absolute Gasteiger partial charge is 0.174 e. The molecule has 5 nitrogen and oxygen atoms in total. The molecule has 1 heterocycles. The van der Waals surface area contributed by atoms with Crippen LogP contribution in [0.1, 0.15) is 78.7 Å². The highest BCUT2D eigenvalue weighted by molar-refractivity contribution is 14.1. The van der Waals surface area contributed by atoms with Crippen LogP contribution in [0.2, 0.25) is 0 Å². The van der Waals surface area contributed by atoms with Crippen molar-refractivity contribution in [3.63, 3.8) is 0 Å². The van der Waals surface area contributed by atoms with Gasteiger partial charge in [0.15, 0.2) is 23.1 Å². The molecule has 0 radical (unpaired) electrons. The number of ketones is 2. The summed E-state index contributed by atoms with van der Waals surface area (Å²) in [6.07, 6.45) is 2.65. The van der Waals surface area contributed by atoms with Crippen molar-refractivity contribution in [3.05, 3.63) is 43.8 Å². The summed E-state index contributed by atoms with van der Waals surface area (Å²) in [4.78, 5) is 29.8. The van der Waals surface area contributed by atoms with Crippen LogP contribution in [-0.4, -0.2) is 36.7 Å². The number of benzene rings is 1. The van der Waals surface area contributed by atoms with E-state index in [0.29, 0.717) is 30.9 Å². The molecule has 0 amide bonds. The zero-order valence-corrected chi connectivity index (χ0v) is 23.6. The van der Waals surface area contributed by atoms with E-state index in [9.17, 15) is 9.59 Å². The minimum Gasteiger partial charge on any atom is -0.492 e. The molecule has 0 saturated heterocycles. The molecule has 184 valence electrons. The molecule has 0 bridgehead atoms. The van der Waals surface area contributed by atoms with Crippen molar-refractivity contribution in [3.8, 4) is 11.5 Å². The second kappa shape index (κ2) is 8.99. The summed E-state index contributed by atoms with van der Waals surface area (Å²) in [6.45, 7) is 14.0. The number of carbonyl (C=O) groups excluding carboxylic acids is 2. The molecule has 0 saturated carbocycles. The van der Waals surface area contributed by atoms with Crippen LogP contribution in [0, 0.1) is 14.4 Å². The van der Waals surface area contributed by atoms with Crippen LogP contribution in [0.4, 0.5) is 0 Å². The van der Waals surface area contributed by atoms with Crippen molar-refractivity contribution < 1.29 is 19.1 Å². The largest absolute Gasteiger partial charge is 0.492 e. The first-order chi connectivity index (χ1) is 15.9. The Kier molecular flexibility index (Phi) is 6.68. The Balaban J connectivity index is 2.01. The SMILES string of the molecule is CCOc1cc(C2C3=C(CC(C)(C)CC3=O)N(CC)C3=C2C(=O)CC(C)(C)C3)cc(I)c1OC. The van der Waals surface area contributed by atoms with Gasteiger partial charge in [-0.25, -0.2) is 0 Å². The second-order valence-corrected chi connectivity index (χ2v) is 12.4. The molecule has 1 aromatic rings. The molecule has 0 unspecified atom stereocenters. The van der Waals surface area contributed by atoms with E-state index in [1.165, 1.54) is 0 Å². The van der Waals surface area contributed by atoms with Gasteiger partial charge in [-0.05, 0) is 77.8 Å². The van der Waals surface area contributed by atoms with Crippen LogP contribution in [-0.2, 0) is 9.59 Å². The van der Waals surface area contributed by atoms with E-state index in [0.717, 1.165) is 51.1 Å². The van der Waals surface area contributed by atoms with E-state index in [1.807, 2.05) is 13.0 Å². The highest BCUT2D eigenvalue weighted by atomic mass is 127. The zero-order valence-electron chi connectivity index (χ0n) is 21.4. The number of hydrogen-bond donors (Lipinski definition) is 0. The molecular formula is C28H36INO4. The predicted molar refractivity (Wildman–Crippen MR) is 142 cm³/mol. The molecule has 3 aliphatic rings. The van der Waals surface area contributed by atoms with Gasteiger partial charge in [-0.2, -0.15) is 0 Å². The molecule has 0 spiro atoms. The van der Waals surface area contributed by atoms with Gasteiger partial charge in [0.1, 0.15) is 0 Å². The number of halogens is 1. The average molecular weight is 578 g/mol. The van der Waals surface area contributed by atoms with E-state index < -0.39 is 0 Å². The second-order valence-electron chi connectivity index (χ2n) is 11.2. The summed E-state index contributed by atoms with van der Waals surface area (Å²) in [5.41, 5.74) is 4.53. The van der Waals surface area contributed by atoms with E-state index in [-0.39, 0.29) is 28.3 Å². The number of carbonyl (C=O) groups is 2. The molecule has 34 heavy (non-hydrogen) atoms. The number of hydrogen-bond acceptors (Lipinski definition) is 5. The molecule has 6 heteroatoms.